The molecule has 1 aliphatic heterocycles. The van der Waals surface area contributed by atoms with Crippen molar-refractivity contribution >= 4 is 18.0 Å². The first-order valence-corrected chi connectivity index (χ1v) is 6.64. The number of benzene rings is 1. The fraction of sp³-hybridized carbons (Fsp3) is 0.333. The van der Waals surface area contributed by atoms with E-state index < -0.39 is 24.6 Å². The number of carbonyl (C=O) groups excluding carboxylic acids is 2. The van der Waals surface area contributed by atoms with Crippen LogP contribution in [-0.2, 0) is 16.1 Å². The predicted molar refractivity (Wildman–Crippen MR) is 72.9 cm³/mol. The summed E-state index contributed by atoms with van der Waals surface area (Å²) in [5, 5.41) is 0. The molecule has 1 heterocycles. The van der Waals surface area contributed by atoms with Crippen molar-refractivity contribution in [3.63, 3.8) is 0 Å². The molecule has 22 heavy (non-hydrogen) atoms. The fourth-order valence-corrected chi connectivity index (χ4v) is 2.20. The molecule has 0 radical (unpaired) electrons. The molecule has 0 aliphatic carbocycles. The van der Waals surface area contributed by atoms with Crippen LogP contribution in [0.5, 0.6) is 0 Å². The van der Waals surface area contributed by atoms with Gasteiger partial charge in [-0.2, -0.15) is 13.2 Å². The zero-order valence-electron chi connectivity index (χ0n) is 11.8. The van der Waals surface area contributed by atoms with Crippen molar-refractivity contribution in [1.29, 1.82) is 0 Å². The third-order valence-corrected chi connectivity index (χ3v) is 3.08. The van der Waals surface area contributed by atoms with Crippen molar-refractivity contribution in [2.24, 2.45) is 0 Å². The van der Waals surface area contributed by atoms with Crippen LogP contribution < -0.4 is 0 Å². The minimum absolute atomic E-state index is 0.0885. The Bertz CT molecular complexity index is 623. The number of hydrogen-bond donors (Lipinski definition) is 0. The lowest BCUT2D eigenvalue weighted by Gasteiger charge is -2.17. The number of alkyl halides is 3. The van der Waals surface area contributed by atoms with Gasteiger partial charge in [-0.3, -0.25) is 4.79 Å². The van der Waals surface area contributed by atoms with Gasteiger partial charge < -0.3 is 9.64 Å². The Morgan fingerprint density at radius 1 is 1.41 bits per heavy atom. The molecule has 1 aromatic carbocycles. The third-order valence-electron chi connectivity index (χ3n) is 3.08. The van der Waals surface area contributed by atoms with E-state index in [1.807, 2.05) is 0 Å². The Hall–Kier alpha value is -2.31. The summed E-state index contributed by atoms with van der Waals surface area (Å²) in [4.78, 5) is 23.8. The molecule has 0 spiro atoms. The molecule has 0 saturated carbocycles. The Balaban J connectivity index is 2.13. The van der Waals surface area contributed by atoms with E-state index in [-0.39, 0.29) is 18.7 Å². The second-order valence-corrected chi connectivity index (χ2v) is 4.78. The van der Waals surface area contributed by atoms with Crippen LogP contribution in [0, 0.1) is 0 Å². The topological polar surface area (TPSA) is 46.6 Å². The molecular formula is C15H14F3NO3. The predicted octanol–water partition coefficient (Wildman–Crippen LogP) is 2.78. The molecule has 7 heteroatoms. The normalized spacial score (nSPS) is 14.5. The molecule has 1 aliphatic rings. The largest absolute Gasteiger partial charge is 0.463 e. The van der Waals surface area contributed by atoms with Gasteiger partial charge in [-0.1, -0.05) is 6.07 Å². The number of halogens is 3. The van der Waals surface area contributed by atoms with E-state index in [1.54, 1.807) is 19.1 Å². The van der Waals surface area contributed by atoms with Crippen molar-refractivity contribution < 1.29 is 27.5 Å². The average Bonchev–Trinajstić information content (AvgIpc) is 2.71. The third kappa shape index (κ3) is 3.87. The highest BCUT2D eigenvalue weighted by Gasteiger charge is 2.37. The first kappa shape index (κ1) is 16.1. The summed E-state index contributed by atoms with van der Waals surface area (Å²) < 4.78 is 42.0. The molecule has 118 valence electrons. The minimum atomic E-state index is -4.43. The number of fused-ring (bicyclic) bond motifs is 1. The van der Waals surface area contributed by atoms with Crippen LogP contribution in [0.3, 0.4) is 0 Å². The lowest BCUT2D eigenvalue weighted by Crippen LogP contribution is -2.34. The Morgan fingerprint density at radius 3 is 2.77 bits per heavy atom. The van der Waals surface area contributed by atoms with Crippen LogP contribution in [-0.4, -0.2) is 36.1 Å². The van der Waals surface area contributed by atoms with Crippen molar-refractivity contribution in [3.8, 4) is 0 Å². The number of ether oxygens (including phenoxy) is 1. The summed E-state index contributed by atoms with van der Waals surface area (Å²) in [5.74, 6) is -1.13. The van der Waals surface area contributed by atoms with E-state index in [1.165, 1.54) is 18.2 Å². The van der Waals surface area contributed by atoms with Gasteiger partial charge >= 0.3 is 12.1 Å². The molecule has 0 atom stereocenters. The minimum Gasteiger partial charge on any atom is -0.463 e. The second kappa shape index (κ2) is 6.21. The molecular weight excluding hydrogens is 299 g/mol. The highest BCUT2D eigenvalue weighted by molar-refractivity contribution is 5.98. The van der Waals surface area contributed by atoms with Crippen LogP contribution in [0.1, 0.15) is 28.4 Å². The fourth-order valence-electron chi connectivity index (χ4n) is 2.20. The first-order chi connectivity index (χ1) is 10.3. The van der Waals surface area contributed by atoms with Gasteiger partial charge in [-0.25, -0.2) is 4.79 Å². The summed E-state index contributed by atoms with van der Waals surface area (Å²) >= 11 is 0. The van der Waals surface area contributed by atoms with Gasteiger partial charge in [0, 0.05) is 18.2 Å². The summed E-state index contributed by atoms with van der Waals surface area (Å²) in [7, 11) is 0. The number of hydrogen-bond acceptors (Lipinski definition) is 3. The molecule has 4 nitrogen and oxygen atoms in total. The monoisotopic (exact) mass is 313 g/mol. The van der Waals surface area contributed by atoms with Crippen molar-refractivity contribution in [2.45, 2.75) is 19.6 Å². The molecule has 0 N–H and O–H groups in total. The summed E-state index contributed by atoms with van der Waals surface area (Å²) in [6, 6.07) is 4.64. The van der Waals surface area contributed by atoms with E-state index in [4.69, 9.17) is 4.74 Å². The molecule has 0 bridgehead atoms. The van der Waals surface area contributed by atoms with Gasteiger partial charge in [0.2, 0.25) is 0 Å². The van der Waals surface area contributed by atoms with Gasteiger partial charge in [-0.15, -0.1) is 0 Å². The number of rotatable bonds is 4. The maximum atomic E-state index is 12.4. The number of nitrogens with zero attached hydrogens (tertiary/aromatic N) is 1. The van der Waals surface area contributed by atoms with Crippen molar-refractivity contribution in [1.82, 2.24) is 4.90 Å². The van der Waals surface area contributed by atoms with Gasteiger partial charge in [0.25, 0.3) is 5.91 Å². The van der Waals surface area contributed by atoms with Crippen LogP contribution in [0.2, 0.25) is 0 Å². The molecule has 0 unspecified atom stereocenters. The highest BCUT2D eigenvalue weighted by Crippen LogP contribution is 2.27. The zero-order valence-corrected chi connectivity index (χ0v) is 11.8. The molecule has 0 fully saturated rings. The molecule has 0 aromatic heterocycles. The van der Waals surface area contributed by atoms with E-state index in [0.717, 1.165) is 4.90 Å². The van der Waals surface area contributed by atoms with Crippen molar-refractivity contribution in [2.75, 3.05) is 13.2 Å². The van der Waals surface area contributed by atoms with Gasteiger partial charge in [0.1, 0.15) is 6.54 Å². The van der Waals surface area contributed by atoms with E-state index in [9.17, 15) is 22.8 Å². The van der Waals surface area contributed by atoms with Gasteiger partial charge in [0.05, 0.1) is 6.61 Å². The second-order valence-electron chi connectivity index (χ2n) is 4.78. The highest BCUT2D eigenvalue weighted by atomic mass is 19.4. The molecule has 0 saturated heterocycles. The maximum absolute atomic E-state index is 12.4. The lowest BCUT2D eigenvalue weighted by molar-refractivity contribution is -0.141. The first-order valence-electron chi connectivity index (χ1n) is 6.64. The maximum Gasteiger partial charge on any atom is 0.406 e. The van der Waals surface area contributed by atoms with Crippen LogP contribution in [0.15, 0.2) is 24.3 Å². The van der Waals surface area contributed by atoms with E-state index in [2.05, 4.69) is 0 Å². The van der Waals surface area contributed by atoms with Gasteiger partial charge in [-0.05, 0) is 36.3 Å². The van der Waals surface area contributed by atoms with E-state index in [0.29, 0.717) is 11.1 Å². The quantitative estimate of drug-likeness (QED) is 0.634. The Kier molecular flexibility index (Phi) is 4.54. The van der Waals surface area contributed by atoms with Gasteiger partial charge in [0.15, 0.2) is 0 Å². The zero-order chi connectivity index (χ0) is 16.3. The van der Waals surface area contributed by atoms with Crippen molar-refractivity contribution in [3.05, 3.63) is 41.0 Å². The van der Waals surface area contributed by atoms with E-state index >= 15 is 0 Å². The van der Waals surface area contributed by atoms with Crippen LogP contribution in [0.4, 0.5) is 13.2 Å². The number of esters is 1. The summed E-state index contributed by atoms with van der Waals surface area (Å²) in [6.07, 6.45) is -1.70. The SMILES string of the molecule is CCOC(=O)C=Cc1ccc2c(c1)CN(CC(F)(F)F)C2=O. The lowest BCUT2D eigenvalue weighted by atomic mass is 10.1. The standard InChI is InChI=1S/C15H14F3NO3/c1-2-22-13(20)6-4-10-3-5-12-11(7-10)8-19(14(12)21)9-15(16,17)18/h3-7H,2,8-9H2,1H3. The molecule has 2 rings (SSSR count). The number of carbonyl (C=O) groups is 2. The summed E-state index contributed by atoms with van der Waals surface area (Å²) in [5.41, 5.74) is 1.39. The number of amides is 1. The summed E-state index contributed by atoms with van der Waals surface area (Å²) in [6.45, 7) is 0.583. The smallest absolute Gasteiger partial charge is 0.406 e. The molecule has 1 amide bonds. The average molecular weight is 313 g/mol. The van der Waals surface area contributed by atoms with Crippen LogP contribution in [0.25, 0.3) is 6.08 Å². The van der Waals surface area contributed by atoms with Crippen LogP contribution >= 0.6 is 0 Å². The molecule has 1 aromatic rings. The Labute approximate surface area is 125 Å². The Morgan fingerprint density at radius 2 is 2.14 bits per heavy atom.